The third kappa shape index (κ3) is 60.2. The molecule has 0 aromatic heterocycles. The van der Waals surface area contributed by atoms with Crippen molar-refractivity contribution in [2.24, 2.45) is 0 Å². The molecule has 0 rings (SSSR count). The molecule has 0 aliphatic heterocycles. The van der Waals surface area contributed by atoms with Gasteiger partial charge in [-0.25, -0.2) is 0 Å². The molecule has 0 unspecified atom stereocenters. The molecule has 0 saturated heterocycles. The molecule has 0 nitrogen and oxygen atoms in total. The van der Waals surface area contributed by atoms with Crippen molar-refractivity contribution in [1.29, 1.82) is 0 Å². The van der Waals surface area contributed by atoms with Gasteiger partial charge in [-0.15, -0.1) is 0 Å². The summed E-state index contributed by atoms with van der Waals surface area (Å²) in [5, 5.41) is 0. The molecular formula is H4B4CaP2. The third-order valence-corrected chi connectivity index (χ3v) is 0. The van der Waals surface area contributed by atoms with Gasteiger partial charge in [0.2, 0.25) is 0 Å². The molecule has 0 amide bonds. The van der Waals surface area contributed by atoms with Crippen molar-refractivity contribution >= 4 is 91.2 Å². The normalized spacial score (nSPS) is 0. The van der Waals surface area contributed by atoms with Crippen molar-refractivity contribution in [1.82, 2.24) is 0 Å². The Morgan fingerprint density at radius 1 is 0.429 bits per heavy atom. The number of hydrogen-bond acceptors (Lipinski definition) is 0. The predicted molar refractivity (Wildman–Crippen MR) is 48.2 cm³/mol. The average Bonchev–Trinajstić information content (AvgIpc) is 0. The zero-order valence-electron chi connectivity index (χ0n) is 4.17. The van der Waals surface area contributed by atoms with Crippen LogP contribution < -0.4 is 0 Å². The van der Waals surface area contributed by atoms with Crippen LogP contribution in [0.1, 0.15) is 0 Å². The fourth-order valence-corrected chi connectivity index (χ4v) is 0. The van der Waals surface area contributed by atoms with E-state index in [1.165, 1.54) is 0 Å². The third-order valence-electron chi connectivity index (χ3n) is 0. The molecule has 0 aliphatic carbocycles. The van der Waals surface area contributed by atoms with Crippen LogP contribution in [0.4, 0.5) is 0 Å². The summed E-state index contributed by atoms with van der Waals surface area (Å²) in [6.45, 7) is 0. The van der Waals surface area contributed by atoms with E-state index in [2.05, 4.69) is 0 Å². The summed E-state index contributed by atoms with van der Waals surface area (Å²) in [6, 6.07) is 0. The van der Waals surface area contributed by atoms with Crippen molar-refractivity contribution in [3.63, 3.8) is 0 Å². The van der Waals surface area contributed by atoms with Crippen molar-refractivity contribution < 1.29 is 0 Å². The van der Waals surface area contributed by atoms with Gasteiger partial charge in [-0.2, -0.15) is 0 Å². The molecule has 7 heavy (non-hydrogen) atoms. The molecule has 12 radical (unpaired) electrons. The first-order chi connectivity index (χ1) is 0. The van der Waals surface area contributed by atoms with Crippen LogP contribution in [0, 0.1) is 0 Å². The zero-order chi connectivity index (χ0) is 0. The average molecular weight is 149 g/mol. The van der Waals surface area contributed by atoms with E-state index in [1.807, 2.05) is 0 Å². The van der Waals surface area contributed by atoms with Crippen LogP contribution in [-0.4, -0.2) is 71.4 Å². The van der Waals surface area contributed by atoms with Crippen LogP contribution in [0.25, 0.3) is 0 Å². The standard InChI is InChI=1S/4B.Ca.2H2P/h;;;;;2*1H2/q;;;;+2;2*-1. The predicted octanol–water partition coefficient (Wildman–Crippen LogP) is -1.25. The summed E-state index contributed by atoms with van der Waals surface area (Å²) in [6.07, 6.45) is 0. The van der Waals surface area contributed by atoms with Gasteiger partial charge in [-0.1, -0.05) is 0 Å². The Bertz CT molecular complexity index is 9.65. The van der Waals surface area contributed by atoms with E-state index in [9.17, 15) is 0 Å². The van der Waals surface area contributed by atoms with Gasteiger partial charge in [0.05, 0.1) is 0 Å². The maximum atomic E-state index is 0. The second-order valence-corrected chi connectivity index (χ2v) is 0. The van der Waals surface area contributed by atoms with Crippen molar-refractivity contribution in [2.75, 3.05) is 0 Å². The first-order valence-electron chi connectivity index (χ1n) is 0. The Morgan fingerprint density at radius 3 is 0.429 bits per heavy atom. The van der Waals surface area contributed by atoms with Gasteiger partial charge in [0.15, 0.2) is 0 Å². The van der Waals surface area contributed by atoms with Crippen molar-refractivity contribution in [2.45, 2.75) is 0 Å². The molecule has 0 spiro atoms. The van der Waals surface area contributed by atoms with E-state index in [0.29, 0.717) is 0 Å². The summed E-state index contributed by atoms with van der Waals surface area (Å²) in [4.78, 5) is 0. The SMILES string of the molecule is [B].[B].[B].[B].[Ca+2].[PH2-].[PH2-]. The van der Waals surface area contributed by atoms with Crippen LogP contribution in [0.15, 0.2) is 0 Å². The minimum absolute atomic E-state index is 0. The van der Waals surface area contributed by atoms with Crippen molar-refractivity contribution in [3.8, 4) is 0 Å². The summed E-state index contributed by atoms with van der Waals surface area (Å²) in [7, 11) is 0. The summed E-state index contributed by atoms with van der Waals surface area (Å²) < 4.78 is 0. The van der Waals surface area contributed by atoms with Gasteiger partial charge in [0.25, 0.3) is 0 Å². The van der Waals surface area contributed by atoms with E-state index in [-0.39, 0.29) is 91.2 Å². The zero-order valence-corrected chi connectivity index (χ0v) is 8.69. The number of hydrogen-bond donors (Lipinski definition) is 0. The second-order valence-electron chi connectivity index (χ2n) is 0. The molecule has 0 N–H and O–H groups in total. The topological polar surface area (TPSA) is 0 Å². The van der Waals surface area contributed by atoms with E-state index >= 15 is 0 Å². The van der Waals surface area contributed by atoms with E-state index in [1.54, 1.807) is 0 Å². The van der Waals surface area contributed by atoms with Crippen LogP contribution >= 0.6 is 19.8 Å². The van der Waals surface area contributed by atoms with Gasteiger partial charge >= 0.3 is 37.7 Å². The van der Waals surface area contributed by atoms with Crippen molar-refractivity contribution in [3.05, 3.63) is 0 Å². The molecular weight excluding hydrogens is 145 g/mol. The second kappa shape index (κ2) is 80.6. The Balaban J connectivity index is 0. The Hall–Kier alpha value is 2.38. The van der Waals surface area contributed by atoms with Gasteiger partial charge in [0, 0.05) is 33.7 Å². The molecule has 0 atom stereocenters. The summed E-state index contributed by atoms with van der Waals surface area (Å²) in [5.74, 6) is 0. The fraction of sp³-hybridized carbons (Fsp3) is 0. The minimum Gasteiger partial charge on any atom is -0.577 e. The van der Waals surface area contributed by atoms with E-state index in [4.69, 9.17) is 0 Å². The first-order valence-corrected chi connectivity index (χ1v) is 0. The molecule has 0 heterocycles. The number of rotatable bonds is 0. The van der Waals surface area contributed by atoms with Crippen LogP contribution in [0.3, 0.4) is 0 Å². The maximum Gasteiger partial charge on any atom is 2.00 e. The first kappa shape index (κ1) is 116. The van der Waals surface area contributed by atoms with Crippen LogP contribution in [-0.2, 0) is 0 Å². The Labute approximate surface area is 90.3 Å². The van der Waals surface area contributed by atoms with Gasteiger partial charge in [-0.05, 0) is 0 Å². The summed E-state index contributed by atoms with van der Waals surface area (Å²) >= 11 is 0. The molecule has 0 aromatic carbocycles. The summed E-state index contributed by atoms with van der Waals surface area (Å²) in [5.41, 5.74) is 0. The van der Waals surface area contributed by atoms with Gasteiger partial charge in [-0.3, -0.25) is 0 Å². The molecule has 0 fully saturated rings. The molecule has 28 valence electrons. The van der Waals surface area contributed by atoms with Gasteiger partial charge < -0.3 is 19.8 Å². The Kier molecular flexibility index (Phi) is 1340. The Morgan fingerprint density at radius 2 is 0.429 bits per heavy atom. The molecule has 0 aromatic rings. The largest absolute Gasteiger partial charge is 2.00 e. The van der Waals surface area contributed by atoms with Crippen LogP contribution in [0.5, 0.6) is 0 Å². The molecule has 0 bridgehead atoms. The minimum atomic E-state index is 0. The maximum absolute atomic E-state index is 0. The smallest absolute Gasteiger partial charge is 0.577 e. The monoisotopic (exact) mass is 150 g/mol. The van der Waals surface area contributed by atoms with E-state index in [0.717, 1.165) is 0 Å². The molecule has 7 heteroatoms. The van der Waals surface area contributed by atoms with E-state index < -0.39 is 0 Å². The van der Waals surface area contributed by atoms with Gasteiger partial charge in [0.1, 0.15) is 0 Å². The quantitative estimate of drug-likeness (QED) is 0.298. The molecule has 0 saturated carbocycles. The molecule has 0 aliphatic rings. The fourth-order valence-electron chi connectivity index (χ4n) is 0. The van der Waals surface area contributed by atoms with Crippen LogP contribution in [0.2, 0.25) is 0 Å².